The Morgan fingerprint density at radius 1 is 0.945 bits per heavy atom. The van der Waals surface area contributed by atoms with Crippen molar-refractivity contribution >= 4 is 34.4 Å². The molecule has 0 radical (unpaired) electrons. The molecule has 0 saturated carbocycles. The van der Waals surface area contributed by atoms with Crippen LogP contribution in [0.25, 0.3) is 6.08 Å². The zero-order chi connectivity index (χ0) is 41.2. The van der Waals surface area contributed by atoms with Crippen LogP contribution in [0.2, 0.25) is 43.8 Å². The van der Waals surface area contributed by atoms with Crippen LogP contribution in [0.1, 0.15) is 81.2 Å². The number of carbonyl (C=O) groups is 2. The second-order valence-corrected chi connectivity index (χ2v) is 27.8. The molecule has 10 nitrogen and oxygen atoms in total. The van der Waals surface area contributed by atoms with Crippen LogP contribution in [0.15, 0.2) is 60.7 Å². The first kappa shape index (κ1) is 46.1. The molecule has 2 aromatic carbocycles. The lowest BCUT2D eigenvalue weighted by molar-refractivity contribution is -0.152. The van der Waals surface area contributed by atoms with Crippen molar-refractivity contribution in [2.24, 2.45) is 5.92 Å². The third kappa shape index (κ3) is 14.0. The van der Waals surface area contributed by atoms with E-state index in [1.54, 1.807) is 43.5 Å². The number of carbonyl (C=O) groups excluding carboxylic acids is 2. The lowest BCUT2D eigenvalue weighted by Crippen LogP contribution is -2.44. The Bertz CT molecular complexity index is 1610. The maximum atomic E-state index is 13.6. The van der Waals surface area contributed by atoms with E-state index in [1.807, 2.05) is 44.2 Å². The normalized spacial score (nSPS) is 19.3. The van der Waals surface area contributed by atoms with Crippen LogP contribution >= 0.6 is 0 Å². The highest BCUT2D eigenvalue weighted by molar-refractivity contribution is 6.76. The van der Waals surface area contributed by atoms with Crippen molar-refractivity contribution in [3.63, 3.8) is 0 Å². The highest BCUT2D eigenvalue weighted by Gasteiger charge is 2.46. The van der Waals surface area contributed by atoms with Gasteiger partial charge in [0, 0.05) is 27.4 Å². The fourth-order valence-corrected chi connectivity index (χ4v) is 7.87. The quantitative estimate of drug-likeness (QED) is 0.0590. The second kappa shape index (κ2) is 19.7. The third-order valence-corrected chi connectivity index (χ3v) is 16.3. The summed E-state index contributed by atoms with van der Waals surface area (Å²) in [5, 5.41) is 0.0674. The lowest BCUT2D eigenvalue weighted by Gasteiger charge is -2.39. The van der Waals surface area contributed by atoms with Crippen LogP contribution in [0.3, 0.4) is 0 Å². The molecule has 5 atom stereocenters. The SMILES string of the molecule is COCOc1cc(OC)cc(/C=C/C[C@@H]2OC(C)(C)O[C@@H]2C(/C=C\[C@H](C)[C@H](C)O[Si](C)(C)C(C)(C)C)OC(=O)c2ccccc2)c1C(=O)OCC[Si](C)(C)C. The minimum Gasteiger partial charge on any atom is -0.497 e. The Labute approximate surface area is 332 Å². The van der Waals surface area contributed by atoms with E-state index in [9.17, 15) is 9.59 Å². The molecule has 1 aliphatic heterocycles. The predicted molar refractivity (Wildman–Crippen MR) is 223 cm³/mol. The molecule has 0 aliphatic carbocycles. The van der Waals surface area contributed by atoms with Gasteiger partial charge in [0.15, 0.2) is 20.9 Å². The Morgan fingerprint density at radius 2 is 1.62 bits per heavy atom. The topological polar surface area (TPSA) is 108 Å². The molecule has 1 heterocycles. The number of methoxy groups -OCH3 is 2. The first-order valence-electron chi connectivity index (χ1n) is 19.2. The summed E-state index contributed by atoms with van der Waals surface area (Å²) in [5.41, 5.74) is 1.26. The van der Waals surface area contributed by atoms with Gasteiger partial charge in [-0.15, -0.1) is 0 Å². The van der Waals surface area contributed by atoms with Gasteiger partial charge in [0.1, 0.15) is 29.3 Å². The standard InChI is InChI=1S/C43H66O10Si2/c1-30(31(2)53-55(13,14)42(3,4)5)23-24-35(50-40(44)32-19-16-15-17-20-32)39-36(51-43(6,7)52-39)22-18-21-33-27-34(47-9)28-37(49-29-46-8)38(33)41(45)48-25-26-54(10,11)12/h15-21,23-24,27-28,30-31,35-36,39H,22,25-26,29H2,1-14H3/b21-18+,24-23-/t30-,31-,35?,36-,39+/m0/s1. The van der Waals surface area contributed by atoms with Gasteiger partial charge in [-0.25, -0.2) is 9.59 Å². The molecule has 2 aromatic rings. The van der Waals surface area contributed by atoms with Gasteiger partial charge in [-0.05, 0) is 87.1 Å². The summed E-state index contributed by atoms with van der Waals surface area (Å²) in [7, 11) is -0.400. The summed E-state index contributed by atoms with van der Waals surface area (Å²) in [6.07, 6.45) is 6.05. The largest absolute Gasteiger partial charge is 0.497 e. The van der Waals surface area contributed by atoms with E-state index in [4.69, 9.17) is 37.6 Å². The number of benzene rings is 2. The summed E-state index contributed by atoms with van der Waals surface area (Å²) in [4.78, 5) is 27.1. The smallest absolute Gasteiger partial charge is 0.342 e. The molecule has 12 heteroatoms. The van der Waals surface area contributed by atoms with Crippen molar-refractivity contribution in [2.45, 2.75) is 129 Å². The Hall–Kier alpha value is -3.27. The summed E-state index contributed by atoms with van der Waals surface area (Å²) in [6.45, 7) is 26.0. The van der Waals surface area contributed by atoms with E-state index >= 15 is 0 Å². The van der Waals surface area contributed by atoms with E-state index in [0.717, 1.165) is 6.04 Å². The minimum absolute atomic E-state index is 0.0206. The van der Waals surface area contributed by atoms with Gasteiger partial charge in [-0.1, -0.05) is 83.8 Å². The van der Waals surface area contributed by atoms with E-state index in [2.05, 4.69) is 67.4 Å². The molecule has 1 unspecified atom stereocenters. The van der Waals surface area contributed by atoms with Crippen LogP contribution in [-0.4, -0.2) is 86.2 Å². The molecular weight excluding hydrogens is 733 g/mol. The maximum Gasteiger partial charge on any atom is 0.342 e. The summed E-state index contributed by atoms with van der Waals surface area (Å²) < 4.78 is 48.1. The van der Waals surface area contributed by atoms with Crippen molar-refractivity contribution in [3.05, 3.63) is 77.4 Å². The molecule has 0 spiro atoms. The van der Waals surface area contributed by atoms with Crippen molar-refractivity contribution in [1.29, 1.82) is 0 Å². The Balaban J connectivity index is 1.97. The van der Waals surface area contributed by atoms with Crippen LogP contribution in [0, 0.1) is 5.92 Å². The number of rotatable bonds is 19. The van der Waals surface area contributed by atoms with Gasteiger partial charge in [0.2, 0.25) is 0 Å². The van der Waals surface area contributed by atoms with Crippen LogP contribution in [0.4, 0.5) is 0 Å². The van der Waals surface area contributed by atoms with Gasteiger partial charge in [0.05, 0.1) is 25.4 Å². The summed E-state index contributed by atoms with van der Waals surface area (Å²) in [6, 6.07) is 13.1. The minimum atomic E-state index is -2.02. The van der Waals surface area contributed by atoms with Gasteiger partial charge >= 0.3 is 11.9 Å². The first-order valence-corrected chi connectivity index (χ1v) is 25.8. The van der Waals surface area contributed by atoms with Crippen molar-refractivity contribution < 1.29 is 47.2 Å². The van der Waals surface area contributed by atoms with Gasteiger partial charge < -0.3 is 37.6 Å². The molecule has 1 saturated heterocycles. The number of esters is 2. The zero-order valence-corrected chi connectivity index (χ0v) is 37.6. The van der Waals surface area contributed by atoms with Crippen molar-refractivity contribution in [2.75, 3.05) is 27.6 Å². The van der Waals surface area contributed by atoms with Crippen LogP contribution < -0.4 is 9.47 Å². The van der Waals surface area contributed by atoms with Gasteiger partial charge in [-0.2, -0.15) is 0 Å². The monoisotopic (exact) mass is 798 g/mol. The molecule has 0 amide bonds. The van der Waals surface area contributed by atoms with E-state index in [1.165, 1.54) is 7.11 Å². The molecule has 1 aliphatic rings. The van der Waals surface area contributed by atoms with Crippen LogP contribution in [-0.2, 0) is 28.1 Å². The Morgan fingerprint density at radius 3 is 2.22 bits per heavy atom. The lowest BCUT2D eigenvalue weighted by atomic mass is 9.99. The van der Waals surface area contributed by atoms with Crippen molar-refractivity contribution in [1.82, 2.24) is 0 Å². The molecule has 0 N–H and O–H groups in total. The van der Waals surface area contributed by atoms with E-state index < -0.39 is 52.4 Å². The van der Waals surface area contributed by atoms with E-state index in [-0.39, 0.29) is 35.2 Å². The second-order valence-electron chi connectivity index (χ2n) is 17.4. The fraction of sp³-hybridized carbons (Fsp3) is 0.581. The molecule has 0 bridgehead atoms. The molecule has 55 heavy (non-hydrogen) atoms. The van der Waals surface area contributed by atoms with Gasteiger partial charge in [-0.3, -0.25) is 0 Å². The number of hydrogen-bond donors (Lipinski definition) is 0. The van der Waals surface area contributed by atoms with Gasteiger partial charge in [0.25, 0.3) is 0 Å². The molecular formula is C43H66O10Si2. The van der Waals surface area contributed by atoms with E-state index in [0.29, 0.717) is 29.9 Å². The maximum absolute atomic E-state index is 13.6. The molecule has 306 valence electrons. The Kier molecular flexibility index (Phi) is 16.6. The summed E-state index contributed by atoms with van der Waals surface area (Å²) >= 11 is 0. The molecule has 0 aromatic heterocycles. The zero-order valence-electron chi connectivity index (χ0n) is 35.6. The third-order valence-electron chi connectivity index (χ3n) is 10.1. The highest BCUT2D eigenvalue weighted by atomic mass is 28.4. The van der Waals surface area contributed by atoms with Crippen LogP contribution in [0.5, 0.6) is 11.5 Å². The number of hydrogen-bond acceptors (Lipinski definition) is 10. The number of ether oxygens (including phenoxy) is 7. The fourth-order valence-electron chi connectivity index (χ4n) is 5.66. The first-order chi connectivity index (χ1) is 25.6. The molecule has 1 fully saturated rings. The average Bonchev–Trinajstić information content (AvgIpc) is 3.41. The average molecular weight is 799 g/mol. The summed E-state index contributed by atoms with van der Waals surface area (Å²) in [5.74, 6) is -1.10. The van der Waals surface area contributed by atoms with Crippen molar-refractivity contribution in [3.8, 4) is 11.5 Å². The predicted octanol–water partition coefficient (Wildman–Crippen LogP) is 9.92. The highest BCUT2D eigenvalue weighted by Crippen LogP contribution is 2.39. The molecule has 3 rings (SSSR count).